The van der Waals surface area contributed by atoms with Crippen LogP contribution in [0.15, 0.2) is 42.5 Å². The van der Waals surface area contributed by atoms with Gasteiger partial charge in [-0.05, 0) is 17.7 Å². The number of hydrogen-bond acceptors (Lipinski definition) is 2. The first kappa shape index (κ1) is 13.0. The number of benzene rings is 2. The van der Waals surface area contributed by atoms with E-state index in [0.29, 0.717) is 0 Å². The Balaban J connectivity index is 2.19. The summed E-state index contributed by atoms with van der Waals surface area (Å²) in [6.07, 6.45) is 0. The van der Waals surface area contributed by atoms with Crippen LogP contribution in [0.3, 0.4) is 0 Å². The zero-order chi connectivity index (χ0) is 13.8. The molecule has 0 fully saturated rings. The van der Waals surface area contributed by atoms with Crippen molar-refractivity contribution in [1.29, 1.82) is 0 Å². The Hall–Kier alpha value is -2.43. The van der Waals surface area contributed by atoms with Crippen LogP contribution < -0.4 is 4.74 Å². The normalized spacial score (nSPS) is 10.2. The molecule has 0 saturated carbocycles. The summed E-state index contributed by atoms with van der Waals surface area (Å²) in [5.41, 5.74) is 0.297. The number of rotatable bonds is 4. The van der Waals surface area contributed by atoms with Crippen molar-refractivity contribution in [1.82, 2.24) is 0 Å². The second-order valence-corrected chi connectivity index (χ2v) is 3.85. The maximum absolute atomic E-state index is 13.5. The molecule has 0 heterocycles. The van der Waals surface area contributed by atoms with Gasteiger partial charge in [-0.3, -0.25) is 0 Å². The Kier molecular flexibility index (Phi) is 3.75. The number of ether oxygens (including phenoxy) is 1. The Morgan fingerprint density at radius 2 is 1.68 bits per heavy atom. The summed E-state index contributed by atoms with van der Waals surface area (Å²) in [5.74, 6) is -4.04. The lowest BCUT2D eigenvalue weighted by Gasteiger charge is -2.09. The van der Waals surface area contributed by atoms with E-state index in [4.69, 9.17) is 9.84 Å². The molecule has 0 aliphatic heterocycles. The minimum absolute atomic E-state index is 0.00109. The number of hydrogen-bond donors (Lipinski definition) is 1. The van der Waals surface area contributed by atoms with Gasteiger partial charge in [-0.1, -0.05) is 30.3 Å². The van der Waals surface area contributed by atoms with E-state index < -0.39 is 28.9 Å². The van der Waals surface area contributed by atoms with Crippen molar-refractivity contribution in [2.75, 3.05) is 0 Å². The molecule has 3 nitrogen and oxygen atoms in total. The average molecular weight is 264 g/mol. The van der Waals surface area contributed by atoms with Gasteiger partial charge in [0.2, 0.25) is 0 Å². The third-order valence-corrected chi connectivity index (χ3v) is 2.47. The van der Waals surface area contributed by atoms with Gasteiger partial charge < -0.3 is 9.84 Å². The van der Waals surface area contributed by atoms with Gasteiger partial charge >= 0.3 is 5.97 Å². The molecule has 0 aliphatic carbocycles. The van der Waals surface area contributed by atoms with Crippen molar-refractivity contribution >= 4 is 5.97 Å². The highest BCUT2D eigenvalue weighted by Crippen LogP contribution is 2.24. The van der Waals surface area contributed by atoms with Crippen LogP contribution in [0.5, 0.6) is 5.75 Å². The van der Waals surface area contributed by atoms with Crippen LogP contribution in [0.1, 0.15) is 15.9 Å². The van der Waals surface area contributed by atoms with Crippen molar-refractivity contribution in [3.05, 3.63) is 65.2 Å². The first-order chi connectivity index (χ1) is 9.08. The lowest BCUT2D eigenvalue weighted by Crippen LogP contribution is -2.03. The van der Waals surface area contributed by atoms with Gasteiger partial charge in [0.15, 0.2) is 17.4 Å². The molecule has 0 aromatic heterocycles. The average Bonchev–Trinajstić information content (AvgIpc) is 2.38. The van der Waals surface area contributed by atoms with Gasteiger partial charge in [0.25, 0.3) is 0 Å². The molecule has 0 radical (unpaired) electrons. The maximum Gasteiger partial charge on any atom is 0.335 e. The summed E-state index contributed by atoms with van der Waals surface area (Å²) >= 11 is 0. The fraction of sp³-hybridized carbons (Fsp3) is 0.0714. The lowest BCUT2D eigenvalue weighted by molar-refractivity contribution is 0.0695. The van der Waals surface area contributed by atoms with E-state index in [0.717, 1.165) is 17.7 Å². The fourth-order valence-electron chi connectivity index (χ4n) is 1.55. The summed E-state index contributed by atoms with van der Waals surface area (Å²) in [4.78, 5) is 10.6. The molecule has 1 N–H and O–H groups in total. The Morgan fingerprint density at radius 3 is 2.21 bits per heavy atom. The molecule has 0 atom stereocenters. The molecule has 0 spiro atoms. The molecule has 0 aliphatic rings. The number of carboxylic acids is 1. The Bertz CT molecular complexity index is 574. The van der Waals surface area contributed by atoms with E-state index in [1.807, 2.05) is 6.07 Å². The van der Waals surface area contributed by atoms with E-state index in [9.17, 15) is 13.6 Å². The smallest absolute Gasteiger partial charge is 0.335 e. The number of aromatic carboxylic acids is 1. The van der Waals surface area contributed by atoms with Crippen LogP contribution in [0.4, 0.5) is 8.78 Å². The molecule has 0 unspecified atom stereocenters. The van der Waals surface area contributed by atoms with Crippen LogP contribution >= 0.6 is 0 Å². The summed E-state index contributed by atoms with van der Waals surface area (Å²) in [6, 6.07) is 10.3. The van der Waals surface area contributed by atoms with Gasteiger partial charge in [-0.2, -0.15) is 0 Å². The number of halogens is 2. The van der Waals surface area contributed by atoms with Crippen molar-refractivity contribution in [2.24, 2.45) is 0 Å². The van der Waals surface area contributed by atoms with E-state index in [2.05, 4.69) is 0 Å². The highest BCUT2D eigenvalue weighted by Gasteiger charge is 2.15. The van der Waals surface area contributed by atoms with Crippen LogP contribution in [0.25, 0.3) is 0 Å². The second-order valence-electron chi connectivity index (χ2n) is 3.85. The van der Waals surface area contributed by atoms with Crippen molar-refractivity contribution < 1.29 is 23.4 Å². The fourth-order valence-corrected chi connectivity index (χ4v) is 1.55. The molecule has 0 saturated heterocycles. The zero-order valence-electron chi connectivity index (χ0n) is 9.77. The quantitative estimate of drug-likeness (QED) is 0.922. The molecular weight excluding hydrogens is 254 g/mol. The molecule has 0 bridgehead atoms. The van der Waals surface area contributed by atoms with Crippen molar-refractivity contribution in [3.8, 4) is 5.75 Å². The molecule has 0 amide bonds. The predicted molar refractivity (Wildman–Crippen MR) is 64.1 cm³/mol. The van der Waals surface area contributed by atoms with Gasteiger partial charge in [0.05, 0.1) is 5.56 Å². The van der Waals surface area contributed by atoms with Gasteiger partial charge in [-0.25, -0.2) is 13.6 Å². The Morgan fingerprint density at radius 1 is 1.11 bits per heavy atom. The van der Waals surface area contributed by atoms with Crippen LogP contribution in [-0.2, 0) is 6.61 Å². The molecule has 98 valence electrons. The first-order valence-electron chi connectivity index (χ1n) is 5.47. The van der Waals surface area contributed by atoms with E-state index in [1.54, 1.807) is 24.3 Å². The molecule has 2 rings (SSSR count). The van der Waals surface area contributed by atoms with Gasteiger partial charge in [-0.15, -0.1) is 0 Å². The van der Waals surface area contributed by atoms with E-state index >= 15 is 0 Å². The standard InChI is InChI=1S/C14H10F2O3/c15-11-6-10(14(17)18)7-12(16)13(11)19-8-9-4-2-1-3-5-9/h1-7H,8H2,(H,17,18). The SMILES string of the molecule is O=C(O)c1cc(F)c(OCc2ccccc2)c(F)c1. The zero-order valence-corrected chi connectivity index (χ0v) is 9.77. The minimum atomic E-state index is -1.40. The molecule has 2 aromatic carbocycles. The Labute approximate surface area is 108 Å². The monoisotopic (exact) mass is 264 g/mol. The van der Waals surface area contributed by atoms with Crippen molar-refractivity contribution in [3.63, 3.8) is 0 Å². The molecule has 5 heteroatoms. The third-order valence-electron chi connectivity index (χ3n) is 2.47. The number of carbonyl (C=O) groups is 1. The predicted octanol–water partition coefficient (Wildman–Crippen LogP) is 3.24. The summed E-state index contributed by atoms with van der Waals surface area (Å²) in [5, 5.41) is 8.66. The van der Waals surface area contributed by atoms with Crippen LogP contribution in [0.2, 0.25) is 0 Å². The van der Waals surface area contributed by atoms with Gasteiger partial charge in [0, 0.05) is 0 Å². The summed E-state index contributed by atoms with van der Waals surface area (Å²) < 4.78 is 32.1. The maximum atomic E-state index is 13.5. The van der Waals surface area contributed by atoms with E-state index in [1.165, 1.54) is 0 Å². The van der Waals surface area contributed by atoms with Crippen LogP contribution in [-0.4, -0.2) is 11.1 Å². The molecule has 19 heavy (non-hydrogen) atoms. The topological polar surface area (TPSA) is 46.5 Å². The third kappa shape index (κ3) is 3.07. The lowest BCUT2D eigenvalue weighted by atomic mass is 10.2. The minimum Gasteiger partial charge on any atom is -0.483 e. The van der Waals surface area contributed by atoms with E-state index in [-0.39, 0.29) is 6.61 Å². The van der Waals surface area contributed by atoms with Gasteiger partial charge in [0.1, 0.15) is 6.61 Å². The van der Waals surface area contributed by atoms with Crippen LogP contribution in [0, 0.1) is 11.6 Å². The highest BCUT2D eigenvalue weighted by molar-refractivity contribution is 5.87. The largest absolute Gasteiger partial charge is 0.483 e. The number of carboxylic acid groups (broad SMARTS) is 1. The van der Waals surface area contributed by atoms with Crippen molar-refractivity contribution in [2.45, 2.75) is 6.61 Å². The highest BCUT2D eigenvalue weighted by atomic mass is 19.1. The second kappa shape index (κ2) is 5.48. The molecular formula is C14H10F2O3. The first-order valence-corrected chi connectivity index (χ1v) is 5.47. The molecule has 2 aromatic rings. The summed E-state index contributed by atoms with van der Waals surface area (Å²) in [6.45, 7) is 0.00109. The summed E-state index contributed by atoms with van der Waals surface area (Å²) in [7, 11) is 0.